The normalized spacial score (nSPS) is 11.2. The molecule has 5 N–H and O–H groups in total. The molecule has 0 bridgehead atoms. The number of amidine groups is 1. The van der Waals surface area contributed by atoms with Crippen molar-refractivity contribution in [1.82, 2.24) is 0 Å². The molecule has 7 heteroatoms. The van der Waals surface area contributed by atoms with Gasteiger partial charge in [-0.25, -0.2) is 0 Å². The summed E-state index contributed by atoms with van der Waals surface area (Å²) >= 11 is 0. The van der Waals surface area contributed by atoms with Crippen molar-refractivity contribution in [3.63, 3.8) is 0 Å². The Morgan fingerprint density at radius 1 is 0.939 bits per heavy atom. The Bertz CT molecular complexity index is 1100. The number of nitrogens with two attached hydrogens (primary N) is 2. The van der Waals surface area contributed by atoms with E-state index in [1.54, 1.807) is 31.2 Å². The first-order chi connectivity index (χ1) is 16.0. The van der Waals surface area contributed by atoms with Crippen molar-refractivity contribution in [3.05, 3.63) is 89.0 Å². The number of Topliss-reactive ketones (excluding diaryl/α,β-unsaturated/α-hetero) is 1. The zero-order valence-electron chi connectivity index (χ0n) is 18.7. The smallest absolute Gasteiger partial charge is 0.170 e. The maximum absolute atomic E-state index is 12.6. The summed E-state index contributed by atoms with van der Waals surface area (Å²) in [7, 11) is 0. The molecule has 172 valence electrons. The van der Waals surface area contributed by atoms with Crippen molar-refractivity contribution in [1.29, 1.82) is 0 Å². The van der Waals surface area contributed by atoms with Crippen LogP contribution in [0.15, 0.2) is 71.8 Å². The van der Waals surface area contributed by atoms with Gasteiger partial charge in [-0.15, -0.1) is 0 Å². The van der Waals surface area contributed by atoms with Gasteiger partial charge in [0.2, 0.25) is 0 Å². The molecule has 0 amide bonds. The molecule has 0 aliphatic rings. The molecule has 0 spiro atoms. The number of carbonyl (C=O) groups excluding carboxylic acids is 1. The second-order valence-electron chi connectivity index (χ2n) is 7.61. The molecular weight excluding hydrogens is 418 g/mol. The minimum absolute atomic E-state index is 0.0273. The summed E-state index contributed by atoms with van der Waals surface area (Å²) in [5.74, 6) is 6.59. The van der Waals surface area contributed by atoms with Crippen LogP contribution in [0.3, 0.4) is 0 Å². The quantitative estimate of drug-likeness (QED) is 0.102. The monoisotopic (exact) mass is 447 g/mol. The molecule has 0 aliphatic heterocycles. The van der Waals surface area contributed by atoms with Gasteiger partial charge < -0.3 is 26.2 Å². The molecule has 0 aromatic heterocycles. The van der Waals surface area contributed by atoms with Crippen LogP contribution in [0.25, 0.3) is 0 Å². The standard InChI is InChI=1S/C26H29N3O4/c1-18-24(14-13-22(25(18)31)23(30)17-19-7-3-2-4-8-19)33-16-6-5-15-32-21-11-9-20(10-12-21)26(27)29-28/h2-4,7-14,31H,5-6,15-17,28H2,1H3,(H2,27,29). The average Bonchev–Trinajstić information content (AvgIpc) is 2.84. The molecule has 0 saturated heterocycles. The summed E-state index contributed by atoms with van der Waals surface area (Å²) in [6.45, 7) is 2.77. The number of hydrogen-bond donors (Lipinski definition) is 3. The Balaban J connectivity index is 1.44. The molecular formula is C26H29N3O4. The van der Waals surface area contributed by atoms with Crippen molar-refractivity contribution in [2.75, 3.05) is 13.2 Å². The third kappa shape index (κ3) is 6.49. The number of hydrogen-bond acceptors (Lipinski definition) is 6. The number of rotatable bonds is 11. The van der Waals surface area contributed by atoms with Gasteiger partial charge in [-0.1, -0.05) is 30.3 Å². The molecule has 0 unspecified atom stereocenters. The van der Waals surface area contributed by atoms with Crippen LogP contribution in [-0.2, 0) is 6.42 Å². The summed E-state index contributed by atoms with van der Waals surface area (Å²) < 4.78 is 11.5. The van der Waals surface area contributed by atoms with Crippen LogP contribution in [0.2, 0.25) is 0 Å². The topological polar surface area (TPSA) is 120 Å². The van der Waals surface area contributed by atoms with Crippen LogP contribution in [0, 0.1) is 6.92 Å². The van der Waals surface area contributed by atoms with Crippen molar-refractivity contribution in [3.8, 4) is 17.2 Å². The van der Waals surface area contributed by atoms with Gasteiger partial charge in [0.05, 0.1) is 18.8 Å². The number of phenolic OH excluding ortho intramolecular Hbond substituents is 1. The van der Waals surface area contributed by atoms with Crippen molar-refractivity contribution >= 4 is 11.6 Å². The molecule has 0 saturated carbocycles. The fraction of sp³-hybridized carbons (Fsp3) is 0.231. The van der Waals surface area contributed by atoms with Crippen molar-refractivity contribution < 1.29 is 19.4 Å². The first kappa shape index (κ1) is 23.7. The van der Waals surface area contributed by atoms with Crippen LogP contribution in [0.5, 0.6) is 17.2 Å². The molecule has 0 heterocycles. The number of ketones is 1. The Morgan fingerprint density at radius 2 is 1.61 bits per heavy atom. The lowest BCUT2D eigenvalue weighted by atomic mass is 10.00. The second-order valence-corrected chi connectivity index (χ2v) is 7.61. The fourth-order valence-electron chi connectivity index (χ4n) is 3.31. The van der Waals surface area contributed by atoms with Gasteiger partial charge in [0, 0.05) is 17.5 Å². The maximum atomic E-state index is 12.6. The molecule has 0 atom stereocenters. The van der Waals surface area contributed by atoms with Crippen molar-refractivity contribution in [2.45, 2.75) is 26.2 Å². The number of hydrazone groups is 1. The number of aromatic hydroxyl groups is 1. The zero-order valence-corrected chi connectivity index (χ0v) is 18.7. The molecule has 7 nitrogen and oxygen atoms in total. The van der Waals surface area contributed by atoms with Gasteiger partial charge in [0.1, 0.15) is 23.1 Å². The third-order valence-corrected chi connectivity index (χ3v) is 5.24. The highest BCUT2D eigenvalue weighted by Crippen LogP contribution is 2.31. The van der Waals surface area contributed by atoms with Crippen LogP contribution < -0.4 is 21.1 Å². The van der Waals surface area contributed by atoms with E-state index in [1.165, 1.54) is 0 Å². The molecule has 0 fully saturated rings. The molecule has 3 aromatic rings. The lowest BCUT2D eigenvalue weighted by Crippen LogP contribution is -2.15. The summed E-state index contributed by atoms with van der Waals surface area (Å²) in [4.78, 5) is 12.6. The Kier molecular flexibility index (Phi) is 8.30. The summed E-state index contributed by atoms with van der Waals surface area (Å²) in [6, 6.07) is 20.1. The Hall–Kier alpha value is -4.00. The van der Waals surface area contributed by atoms with E-state index >= 15 is 0 Å². The van der Waals surface area contributed by atoms with Crippen LogP contribution in [0.1, 0.15) is 39.9 Å². The Morgan fingerprint density at radius 3 is 2.27 bits per heavy atom. The van der Waals surface area contributed by atoms with E-state index in [4.69, 9.17) is 21.1 Å². The van der Waals surface area contributed by atoms with Gasteiger partial charge in [-0.3, -0.25) is 4.79 Å². The number of benzene rings is 3. The SMILES string of the molecule is Cc1c(OCCCCOc2ccc(/C(N)=N/N)cc2)ccc(C(=O)Cc2ccccc2)c1O. The van der Waals surface area contributed by atoms with E-state index in [0.717, 1.165) is 29.7 Å². The fourth-order valence-corrected chi connectivity index (χ4v) is 3.31. The first-order valence-corrected chi connectivity index (χ1v) is 10.8. The van der Waals surface area contributed by atoms with Gasteiger partial charge in [-0.2, -0.15) is 5.10 Å². The summed E-state index contributed by atoms with van der Waals surface area (Å²) in [5, 5.41) is 14.0. The third-order valence-electron chi connectivity index (χ3n) is 5.24. The van der Waals surface area contributed by atoms with E-state index < -0.39 is 0 Å². The minimum atomic E-state index is -0.128. The summed E-state index contributed by atoms with van der Waals surface area (Å²) in [6.07, 6.45) is 1.82. The second kappa shape index (κ2) is 11.6. The van der Waals surface area contributed by atoms with E-state index in [1.807, 2.05) is 42.5 Å². The van der Waals surface area contributed by atoms with Gasteiger partial charge in [0.25, 0.3) is 0 Å². The predicted octanol–water partition coefficient (Wildman–Crippen LogP) is 3.94. The zero-order chi connectivity index (χ0) is 23.6. The molecule has 0 radical (unpaired) electrons. The highest BCUT2D eigenvalue weighted by atomic mass is 16.5. The van der Waals surface area contributed by atoms with E-state index in [0.29, 0.717) is 30.1 Å². The van der Waals surface area contributed by atoms with Crippen LogP contribution in [0.4, 0.5) is 0 Å². The van der Waals surface area contributed by atoms with Crippen molar-refractivity contribution in [2.24, 2.45) is 16.7 Å². The Labute approximate surface area is 193 Å². The van der Waals surface area contributed by atoms with Crippen LogP contribution >= 0.6 is 0 Å². The van der Waals surface area contributed by atoms with E-state index in [-0.39, 0.29) is 23.8 Å². The van der Waals surface area contributed by atoms with Gasteiger partial charge >= 0.3 is 0 Å². The lowest BCUT2D eigenvalue weighted by Gasteiger charge is -2.13. The van der Waals surface area contributed by atoms with E-state index in [9.17, 15) is 9.90 Å². The lowest BCUT2D eigenvalue weighted by molar-refractivity contribution is 0.0990. The largest absolute Gasteiger partial charge is 0.507 e. The molecule has 33 heavy (non-hydrogen) atoms. The number of ether oxygens (including phenoxy) is 2. The first-order valence-electron chi connectivity index (χ1n) is 10.8. The maximum Gasteiger partial charge on any atom is 0.170 e. The average molecular weight is 448 g/mol. The van der Waals surface area contributed by atoms with Gasteiger partial charge in [-0.05, 0) is 61.7 Å². The summed E-state index contributed by atoms with van der Waals surface area (Å²) in [5.41, 5.74) is 8.18. The predicted molar refractivity (Wildman–Crippen MR) is 129 cm³/mol. The highest BCUT2D eigenvalue weighted by molar-refractivity contribution is 6.00. The number of phenols is 1. The highest BCUT2D eigenvalue weighted by Gasteiger charge is 2.16. The molecule has 3 rings (SSSR count). The molecule has 0 aliphatic carbocycles. The minimum Gasteiger partial charge on any atom is -0.507 e. The number of unbranched alkanes of at least 4 members (excludes halogenated alkanes) is 1. The van der Waals surface area contributed by atoms with E-state index in [2.05, 4.69) is 5.10 Å². The van der Waals surface area contributed by atoms with Crippen LogP contribution in [-0.4, -0.2) is 29.9 Å². The number of nitrogens with zero attached hydrogens (tertiary/aromatic N) is 1. The van der Waals surface area contributed by atoms with Gasteiger partial charge in [0.15, 0.2) is 5.78 Å². The number of carbonyl (C=O) groups is 1. The molecule has 3 aromatic carbocycles.